The Morgan fingerprint density at radius 2 is 1.15 bits per heavy atom. The lowest BCUT2D eigenvalue weighted by Crippen LogP contribution is -2.37. The van der Waals surface area contributed by atoms with Crippen LogP contribution in [0.2, 0.25) is 0 Å². The summed E-state index contributed by atoms with van der Waals surface area (Å²) < 4.78 is 33.7. The normalized spacial score (nSPS) is 14.1. The molecule has 0 bridgehead atoms. The Morgan fingerprint density at radius 1 is 0.618 bits per heavy atom. The average Bonchev–Trinajstić information content (AvgIpc) is 3.12. The third kappa shape index (κ3) is 39.4. The van der Waals surface area contributed by atoms with Gasteiger partial charge in [-0.05, 0) is 76.7 Å². The van der Waals surface area contributed by atoms with Gasteiger partial charge in [-0.1, -0.05) is 113 Å². The van der Waals surface area contributed by atoms with E-state index < -0.39 is 32.5 Å². The Morgan fingerprint density at radius 3 is 1.82 bits per heavy atom. The Labute approximate surface area is 334 Å². The monoisotopic (exact) mass is 794 g/mol. The summed E-state index contributed by atoms with van der Waals surface area (Å²) in [6, 6.07) is 0. The van der Waals surface area contributed by atoms with Crippen molar-refractivity contribution in [3.63, 3.8) is 0 Å². The fourth-order valence-corrected chi connectivity index (χ4v) is 5.84. The molecule has 0 N–H and O–H groups in total. The second-order valence-corrected chi connectivity index (χ2v) is 16.4. The van der Waals surface area contributed by atoms with Crippen LogP contribution in [0.15, 0.2) is 60.8 Å². The quantitative estimate of drug-likeness (QED) is 0.0115. The van der Waals surface area contributed by atoms with Crippen molar-refractivity contribution < 1.29 is 46.8 Å². The highest BCUT2D eigenvalue weighted by Crippen LogP contribution is 2.38. The molecule has 0 aromatic carbocycles. The highest BCUT2D eigenvalue weighted by molar-refractivity contribution is 7.45. The summed E-state index contributed by atoms with van der Waals surface area (Å²) in [4.78, 5) is 49.2. The van der Waals surface area contributed by atoms with E-state index in [1.54, 1.807) is 6.08 Å². The van der Waals surface area contributed by atoms with Gasteiger partial charge in [-0.15, -0.1) is 0 Å². The van der Waals surface area contributed by atoms with Crippen molar-refractivity contribution >= 4 is 25.5 Å². The Balaban J connectivity index is 4.54. The highest BCUT2D eigenvalue weighted by Gasteiger charge is 2.21. The molecule has 0 aliphatic heterocycles. The first-order valence-corrected chi connectivity index (χ1v) is 22.4. The van der Waals surface area contributed by atoms with Crippen molar-refractivity contribution in [3.05, 3.63) is 60.8 Å². The molecule has 0 radical (unpaired) electrons. The number of phosphoric acid groups is 1. The third-order valence-corrected chi connectivity index (χ3v) is 9.45. The summed E-state index contributed by atoms with van der Waals surface area (Å²) in [6.07, 6.45) is 38.0. The van der Waals surface area contributed by atoms with Gasteiger partial charge in [0.05, 0.1) is 27.7 Å². The molecule has 10 nitrogen and oxygen atoms in total. The number of likely N-dealkylation sites (N-methyl/N-ethyl adjacent to an activating group) is 1. The molecule has 0 saturated carbocycles. The molecule has 11 heteroatoms. The number of unbranched alkanes of at least 4 members (excludes halogenated alkanes) is 12. The molecule has 0 rings (SSSR count). The molecule has 2 atom stereocenters. The number of rotatable bonds is 37. The fraction of sp³-hybridized carbons (Fsp3) is 0.705. The minimum absolute atomic E-state index is 0.0551. The smallest absolute Gasteiger partial charge is 0.306 e. The number of hydrogen-bond acceptors (Lipinski definition) is 9. The summed E-state index contributed by atoms with van der Waals surface area (Å²) in [5, 5.41) is 0. The predicted octanol–water partition coefficient (Wildman–Crippen LogP) is 10.2. The van der Waals surface area contributed by atoms with Crippen LogP contribution in [0.4, 0.5) is 0 Å². The van der Waals surface area contributed by atoms with E-state index in [-0.39, 0.29) is 31.8 Å². The van der Waals surface area contributed by atoms with Crippen LogP contribution in [0.5, 0.6) is 0 Å². The zero-order chi connectivity index (χ0) is 40.9. The van der Waals surface area contributed by atoms with Crippen molar-refractivity contribution in [2.45, 2.75) is 155 Å². The number of allylic oxidation sites excluding steroid dienone is 10. The van der Waals surface area contributed by atoms with Crippen molar-refractivity contribution in [1.82, 2.24) is 0 Å². The minimum atomic E-state index is -4.65. The summed E-state index contributed by atoms with van der Waals surface area (Å²) in [5.74, 6) is -0.774. The van der Waals surface area contributed by atoms with Crippen molar-refractivity contribution in [2.75, 3.05) is 47.5 Å². The number of esters is 2. The number of quaternary nitrogens is 1. The van der Waals surface area contributed by atoms with E-state index >= 15 is 0 Å². The molecule has 0 aromatic heterocycles. The van der Waals surface area contributed by atoms with E-state index in [0.29, 0.717) is 30.3 Å². The Hall–Kier alpha value is -2.62. The van der Waals surface area contributed by atoms with Crippen LogP contribution in [0.25, 0.3) is 0 Å². The van der Waals surface area contributed by atoms with E-state index in [2.05, 4.69) is 56.4 Å². The van der Waals surface area contributed by atoms with Gasteiger partial charge in [-0.3, -0.25) is 18.9 Å². The maximum atomic E-state index is 12.6. The molecule has 0 aliphatic carbocycles. The zero-order valence-electron chi connectivity index (χ0n) is 35.1. The largest absolute Gasteiger partial charge is 0.756 e. The van der Waals surface area contributed by atoms with Gasteiger partial charge in [0.1, 0.15) is 19.8 Å². The van der Waals surface area contributed by atoms with Crippen LogP contribution in [-0.2, 0) is 37.5 Å². The number of ether oxygens (including phenoxy) is 2. The third-order valence-electron chi connectivity index (χ3n) is 8.49. The van der Waals surface area contributed by atoms with E-state index in [1.165, 1.54) is 19.3 Å². The lowest BCUT2D eigenvalue weighted by molar-refractivity contribution is -0.870. The second kappa shape index (κ2) is 35.8. The van der Waals surface area contributed by atoms with Gasteiger partial charge in [-0.25, -0.2) is 0 Å². The van der Waals surface area contributed by atoms with Crippen molar-refractivity contribution in [3.8, 4) is 0 Å². The molecule has 0 fully saturated rings. The first kappa shape index (κ1) is 52.4. The van der Waals surface area contributed by atoms with Crippen LogP contribution < -0.4 is 4.89 Å². The van der Waals surface area contributed by atoms with Gasteiger partial charge in [0.15, 0.2) is 11.9 Å². The van der Waals surface area contributed by atoms with E-state index in [4.69, 9.17) is 18.5 Å². The number of carbonyl (C=O) groups excluding carboxylic acids is 3. The van der Waals surface area contributed by atoms with Gasteiger partial charge < -0.3 is 27.9 Å². The Kier molecular flexibility index (Phi) is 34.1. The van der Waals surface area contributed by atoms with Gasteiger partial charge in [0.25, 0.3) is 7.82 Å². The molecule has 0 saturated heterocycles. The van der Waals surface area contributed by atoms with Crippen LogP contribution in [0.1, 0.15) is 149 Å². The number of ketones is 1. The number of hydrogen-bond donors (Lipinski definition) is 0. The predicted molar refractivity (Wildman–Crippen MR) is 222 cm³/mol. The second-order valence-electron chi connectivity index (χ2n) is 15.0. The molecule has 0 aromatic rings. The van der Waals surface area contributed by atoms with Crippen LogP contribution in [-0.4, -0.2) is 75.8 Å². The molecule has 0 heterocycles. The first-order valence-electron chi connectivity index (χ1n) is 20.9. The first-order chi connectivity index (χ1) is 26.4. The standard InChI is InChI=1S/C44H76NO9P/c1-6-8-10-11-12-13-14-15-16-17-18-21-25-28-32-36-44(48)54-42(40-53-55(49,50)52-38-37-45(3,4)5)39-51-43(47)35-31-27-24-22-19-20-23-26-30-34-41(46)33-29-9-7-2/h12-13,15-16,18,21,23,26,30,34,42H,6-11,14,17,19-20,22,24-25,27-29,31-33,35-40H2,1-5H3/b13-12-,16-15-,21-18-,26-23-,34-30+/t42-/m1/s1. The highest BCUT2D eigenvalue weighted by atomic mass is 31.2. The van der Waals surface area contributed by atoms with Crippen LogP contribution >= 0.6 is 7.82 Å². The van der Waals surface area contributed by atoms with Crippen LogP contribution in [0.3, 0.4) is 0 Å². The summed E-state index contributed by atoms with van der Waals surface area (Å²) in [5.41, 5.74) is 0. The molecule has 1 unspecified atom stereocenters. The molecule has 316 valence electrons. The fourth-order valence-electron chi connectivity index (χ4n) is 5.11. The van der Waals surface area contributed by atoms with Gasteiger partial charge in [0.2, 0.25) is 0 Å². The number of nitrogens with zero attached hydrogens (tertiary/aromatic N) is 1. The molecule has 55 heavy (non-hydrogen) atoms. The van der Waals surface area contributed by atoms with E-state index in [0.717, 1.165) is 83.5 Å². The molecule has 0 spiro atoms. The average molecular weight is 794 g/mol. The van der Waals surface area contributed by atoms with Crippen molar-refractivity contribution in [2.24, 2.45) is 0 Å². The van der Waals surface area contributed by atoms with Gasteiger partial charge in [-0.2, -0.15) is 0 Å². The van der Waals surface area contributed by atoms with Crippen molar-refractivity contribution in [1.29, 1.82) is 0 Å². The topological polar surface area (TPSA) is 128 Å². The zero-order valence-corrected chi connectivity index (χ0v) is 36.0. The summed E-state index contributed by atoms with van der Waals surface area (Å²) >= 11 is 0. The summed E-state index contributed by atoms with van der Waals surface area (Å²) in [7, 11) is 1.08. The lowest BCUT2D eigenvalue weighted by atomic mass is 10.1. The molecule has 0 amide bonds. The Bertz CT molecular complexity index is 1190. The molecule has 0 aliphatic rings. The van der Waals surface area contributed by atoms with Crippen LogP contribution in [0, 0.1) is 0 Å². The van der Waals surface area contributed by atoms with E-state index in [9.17, 15) is 23.8 Å². The SMILES string of the molecule is CCCCC/C=C\C/C=C\C/C=C\CCCCC(=O)O[C@H](COC(=O)CCCCCCC/C=C\C=C\C(=O)CCCCC)COP(=O)([O-])OCC[N+](C)(C)C. The summed E-state index contributed by atoms with van der Waals surface area (Å²) in [6.45, 7) is 3.92. The molecular weight excluding hydrogens is 717 g/mol. The maximum absolute atomic E-state index is 12.6. The number of carbonyl (C=O) groups is 3. The lowest BCUT2D eigenvalue weighted by Gasteiger charge is -2.28. The van der Waals surface area contributed by atoms with E-state index in [1.807, 2.05) is 33.3 Å². The van der Waals surface area contributed by atoms with Gasteiger partial charge in [0, 0.05) is 19.3 Å². The number of phosphoric ester groups is 1. The maximum Gasteiger partial charge on any atom is 0.306 e. The molecular formula is C44H76NO9P. The minimum Gasteiger partial charge on any atom is -0.756 e. The van der Waals surface area contributed by atoms with Gasteiger partial charge >= 0.3 is 11.9 Å².